The second-order valence-electron chi connectivity index (χ2n) is 5.24. The molecule has 27 heavy (non-hydrogen) atoms. The van der Waals surface area contributed by atoms with Crippen molar-refractivity contribution < 1.29 is 41.9 Å². The Bertz CT molecular complexity index is 906. The maximum absolute atomic E-state index is 12.6. The van der Waals surface area contributed by atoms with Crippen molar-refractivity contribution in [2.45, 2.75) is 6.36 Å². The van der Waals surface area contributed by atoms with Gasteiger partial charge in [-0.15, -0.1) is 13.2 Å². The first-order chi connectivity index (χ1) is 12.7. The van der Waals surface area contributed by atoms with Crippen molar-refractivity contribution >= 4 is 17.8 Å². The number of ether oxygens (including phenoxy) is 2. The van der Waals surface area contributed by atoms with Gasteiger partial charge in [-0.2, -0.15) is 0 Å². The van der Waals surface area contributed by atoms with E-state index in [1.807, 2.05) is 0 Å². The van der Waals surface area contributed by atoms with E-state index < -0.39 is 35.5 Å². The quantitative estimate of drug-likeness (QED) is 0.758. The summed E-state index contributed by atoms with van der Waals surface area (Å²) < 4.78 is 46.3. The molecular formula is C17H10F3NO6. The number of hydrogen-bond donors (Lipinski definition) is 0. The number of carbonyl (C=O) groups excluding carboxylic acids is 3. The molecule has 0 radical (unpaired) electrons. The lowest BCUT2D eigenvalue weighted by molar-refractivity contribution is -0.274. The predicted octanol–water partition coefficient (Wildman–Crippen LogP) is 2.96. The van der Waals surface area contributed by atoms with Crippen LogP contribution in [-0.4, -0.2) is 36.3 Å². The molecule has 1 heterocycles. The molecule has 0 spiro atoms. The van der Waals surface area contributed by atoms with Crippen molar-refractivity contribution in [3.8, 4) is 11.5 Å². The topological polar surface area (TPSA) is 82.1 Å². The van der Waals surface area contributed by atoms with Crippen molar-refractivity contribution in [1.82, 2.24) is 5.06 Å². The van der Waals surface area contributed by atoms with Gasteiger partial charge in [-0.25, -0.2) is 4.79 Å². The van der Waals surface area contributed by atoms with E-state index in [0.717, 1.165) is 18.2 Å². The second-order valence-corrected chi connectivity index (χ2v) is 5.24. The van der Waals surface area contributed by atoms with Crippen molar-refractivity contribution in [3.05, 3.63) is 59.2 Å². The van der Waals surface area contributed by atoms with E-state index in [1.54, 1.807) is 0 Å². The summed E-state index contributed by atoms with van der Waals surface area (Å²) >= 11 is 0. The highest BCUT2D eigenvalue weighted by Gasteiger charge is 2.40. The number of imide groups is 1. The standard InChI is InChI=1S/C17H10F3NO6/c1-25-9-6-7-13(26-17(18,19)20)12(8-9)16(24)27-21-14(22)10-4-2-3-5-11(10)15(21)23/h2-8H,1H3. The van der Waals surface area contributed by atoms with Gasteiger partial charge in [0.1, 0.15) is 17.1 Å². The van der Waals surface area contributed by atoms with Gasteiger partial charge in [0.05, 0.1) is 18.2 Å². The van der Waals surface area contributed by atoms with E-state index in [4.69, 9.17) is 9.57 Å². The minimum absolute atomic E-state index is 0.00714. The number of fused-ring (bicyclic) bond motifs is 1. The van der Waals surface area contributed by atoms with E-state index in [0.29, 0.717) is 0 Å². The molecule has 0 aliphatic carbocycles. The normalized spacial score (nSPS) is 13.4. The van der Waals surface area contributed by atoms with E-state index >= 15 is 0 Å². The molecular weight excluding hydrogens is 371 g/mol. The minimum atomic E-state index is -5.07. The molecule has 140 valence electrons. The van der Waals surface area contributed by atoms with E-state index in [2.05, 4.69) is 4.74 Å². The highest BCUT2D eigenvalue weighted by Crippen LogP contribution is 2.31. The van der Waals surface area contributed by atoms with Crippen molar-refractivity contribution in [3.63, 3.8) is 0 Å². The van der Waals surface area contributed by atoms with Gasteiger partial charge in [-0.1, -0.05) is 17.2 Å². The molecule has 0 atom stereocenters. The Labute approximate surface area is 149 Å². The predicted molar refractivity (Wildman–Crippen MR) is 82.0 cm³/mol. The molecule has 0 aromatic heterocycles. The number of rotatable bonds is 4. The van der Waals surface area contributed by atoms with Crippen molar-refractivity contribution in [1.29, 1.82) is 0 Å². The number of methoxy groups -OCH3 is 1. The first-order valence-corrected chi connectivity index (χ1v) is 7.35. The lowest BCUT2D eigenvalue weighted by Crippen LogP contribution is -2.33. The Balaban J connectivity index is 1.90. The SMILES string of the molecule is COc1ccc(OC(F)(F)F)c(C(=O)ON2C(=O)c3ccccc3C2=O)c1. The summed E-state index contributed by atoms with van der Waals surface area (Å²) in [4.78, 5) is 41.5. The number of amides is 2. The van der Waals surface area contributed by atoms with Crippen LogP contribution in [0.25, 0.3) is 0 Å². The largest absolute Gasteiger partial charge is 0.573 e. The molecule has 0 saturated heterocycles. The van der Waals surface area contributed by atoms with Crippen LogP contribution in [0.15, 0.2) is 42.5 Å². The summed E-state index contributed by atoms with van der Waals surface area (Å²) in [5.41, 5.74) is -0.663. The lowest BCUT2D eigenvalue weighted by Gasteiger charge is -2.16. The third kappa shape index (κ3) is 3.54. The van der Waals surface area contributed by atoms with Crippen LogP contribution in [0.2, 0.25) is 0 Å². The molecule has 0 unspecified atom stereocenters. The molecule has 7 nitrogen and oxygen atoms in total. The molecule has 0 N–H and O–H groups in total. The molecule has 3 rings (SSSR count). The number of benzene rings is 2. The molecule has 1 aliphatic rings. The van der Waals surface area contributed by atoms with Crippen LogP contribution >= 0.6 is 0 Å². The maximum atomic E-state index is 12.6. The zero-order valence-electron chi connectivity index (χ0n) is 13.6. The summed E-state index contributed by atoms with van der Waals surface area (Å²) in [6, 6.07) is 8.65. The minimum Gasteiger partial charge on any atom is -0.497 e. The summed E-state index contributed by atoms with van der Waals surface area (Å²) in [5, 5.41) is 0.184. The van der Waals surface area contributed by atoms with Gasteiger partial charge < -0.3 is 14.3 Å². The van der Waals surface area contributed by atoms with Crippen molar-refractivity contribution in [2.75, 3.05) is 7.11 Å². The Morgan fingerprint density at radius 2 is 1.59 bits per heavy atom. The van der Waals surface area contributed by atoms with E-state index in [9.17, 15) is 27.6 Å². The first kappa shape index (κ1) is 18.2. The number of hydroxylamine groups is 2. The van der Waals surface area contributed by atoms with Gasteiger partial charge in [-0.3, -0.25) is 9.59 Å². The van der Waals surface area contributed by atoms with E-state index in [1.165, 1.54) is 31.4 Å². The molecule has 1 aliphatic heterocycles. The molecule has 2 aromatic carbocycles. The fraction of sp³-hybridized carbons (Fsp3) is 0.118. The third-order valence-electron chi connectivity index (χ3n) is 3.56. The highest BCUT2D eigenvalue weighted by atomic mass is 19.4. The van der Waals surface area contributed by atoms with Gasteiger partial charge in [0.25, 0.3) is 11.8 Å². The van der Waals surface area contributed by atoms with Gasteiger partial charge >= 0.3 is 12.3 Å². The van der Waals surface area contributed by atoms with Crippen LogP contribution < -0.4 is 9.47 Å². The summed E-state index contributed by atoms with van der Waals surface area (Å²) in [6.07, 6.45) is -5.07. The Kier molecular flexibility index (Phi) is 4.48. The van der Waals surface area contributed by atoms with Crippen LogP contribution in [0.4, 0.5) is 13.2 Å². The van der Waals surface area contributed by atoms with Crippen molar-refractivity contribution in [2.24, 2.45) is 0 Å². The third-order valence-corrected chi connectivity index (χ3v) is 3.56. The molecule has 0 bridgehead atoms. The molecule has 2 amide bonds. The average Bonchev–Trinajstić information content (AvgIpc) is 2.86. The van der Waals surface area contributed by atoms with Crippen LogP contribution in [0.3, 0.4) is 0 Å². The van der Waals surface area contributed by atoms with Gasteiger partial charge in [-0.05, 0) is 30.3 Å². The first-order valence-electron chi connectivity index (χ1n) is 7.35. The monoisotopic (exact) mass is 381 g/mol. The molecule has 2 aromatic rings. The summed E-state index contributed by atoms with van der Waals surface area (Å²) in [6.45, 7) is 0. The molecule has 10 heteroatoms. The van der Waals surface area contributed by atoms with Crippen LogP contribution in [0.5, 0.6) is 11.5 Å². The number of hydrogen-bond acceptors (Lipinski definition) is 6. The highest BCUT2D eigenvalue weighted by molar-refractivity contribution is 6.21. The Morgan fingerprint density at radius 1 is 1.00 bits per heavy atom. The van der Waals surface area contributed by atoms with Crippen LogP contribution in [-0.2, 0) is 4.84 Å². The number of nitrogens with zero attached hydrogens (tertiary/aromatic N) is 1. The maximum Gasteiger partial charge on any atom is 0.573 e. The van der Waals surface area contributed by atoms with Crippen LogP contribution in [0.1, 0.15) is 31.1 Å². The summed E-state index contributed by atoms with van der Waals surface area (Å²) in [5.74, 6) is -4.05. The van der Waals surface area contributed by atoms with Gasteiger partial charge in [0.15, 0.2) is 0 Å². The zero-order chi connectivity index (χ0) is 19.8. The lowest BCUT2D eigenvalue weighted by atomic mass is 10.1. The number of halogens is 3. The molecule has 0 saturated carbocycles. The number of carbonyl (C=O) groups is 3. The Hall–Kier alpha value is -3.56. The fourth-order valence-electron chi connectivity index (χ4n) is 2.39. The van der Waals surface area contributed by atoms with Gasteiger partial charge in [0.2, 0.25) is 0 Å². The van der Waals surface area contributed by atoms with Gasteiger partial charge in [0, 0.05) is 0 Å². The number of alkyl halides is 3. The average molecular weight is 381 g/mol. The fourth-order valence-corrected chi connectivity index (χ4v) is 2.39. The van der Waals surface area contributed by atoms with E-state index in [-0.39, 0.29) is 21.9 Å². The zero-order valence-corrected chi connectivity index (χ0v) is 13.6. The smallest absolute Gasteiger partial charge is 0.497 e. The van der Waals surface area contributed by atoms with Crippen LogP contribution in [0, 0.1) is 0 Å². The second kappa shape index (κ2) is 6.63. The summed E-state index contributed by atoms with van der Waals surface area (Å²) in [7, 11) is 1.24. The Morgan fingerprint density at radius 3 is 2.11 bits per heavy atom. The molecule has 0 fully saturated rings.